The van der Waals surface area contributed by atoms with Gasteiger partial charge in [0.25, 0.3) is 5.91 Å². The number of carbonyl (C=O) groups is 1. The van der Waals surface area contributed by atoms with Gasteiger partial charge in [-0.05, 0) is 60.5 Å². The van der Waals surface area contributed by atoms with Gasteiger partial charge in [-0.25, -0.2) is 0 Å². The van der Waals surface area contributed by atoms with E-state index in [1.807, 2.05) is 37.3 Å². The van der Waals surface area contributed by atoms with E-state index in [0.717, 1.165) is 5.56 Å². The third kappa shape index (κ3) is 5.87. The van der Waals surface area contributed by atoms with Gasteiger partial charge in [0.2, 0.25) is 0 Å². The molecule has 0 aromatic heterocycles. The molecule has 30 heavy (non-hydrogen) atoms. The number of aryl methyl sites for hydroxylation is 1. The van der Waals surface area contributed by atoms with Crippen LogP contribution in [0.1, 0.15) is 16.7 Å². The average molecular weight is 437 g/mol. The molecule has 6 heteroatoms. The van der Waals surface area contributed by atoms with Crippen molar-refractivity contribution in [2.75, 3.05) is 5.32 Å². The number of rotatable bonds is 6. The second-order valence-corrected chi connectivity index (χ2v) is 7.44. The quantitative estimate of drug-likeness (QED) is 0.357. The van der Waals surface area contributed by atoms with E-state index in [-0.39, 0.29) is 5.57 Å². The monoisotopic (exact) mass is 436 g/mol. The molecular formula is C24H18Cl2N2O2. The minimum absolute atomic E-state index is 0.0469. The van der Waals surface area contributed by atoms with Gasteiger partial charge in [0.15, 0.2) is 0 Å². The highest BCUT2D eigenvalue weighted by Crippen LogP contribution is 2.27. The maximum atomic E-state index is 12.4. The van der Waals surface area contributed by atoms with Gasteiger partial charge in [-0.1, -0.05) is 59.1 Å². The van der Waals surface area contributed by atoms with E-state index in [0.29, 0.717) is 33.7 Å². The van der Waals surface area contributed by atoms with E-state index in [4.69, 9.17) is 27.9 Å². The van der Waals surface area contributed by atoms with Crippen molar-refractivity contribution in [3.05, 3.63) is 99.0 Å². The highest BCUT2D eigenvalue weighted by atomic mass is 35.5. The number of hydrogen-bond acceptors (Lipinski definition) is 3. The lowest BCUT2D eigenvalue weighted by Crippen LogP contribution is -2.13. The molecule has 1 amide bonds. The van der Waals surface area contributed by atoms with Crippen molar-refractivity contribution in [3.63, 3.8) is 0 Å². The fourth-order valence-electron chi connectivity index (χ4n) is 2.62. The minimum atomic E-state index is -0.518. The summed E-state index contributed by atoms with van der Waals surface area (Å²) in [5, 5.41) is 13.0. The number of hydrogen-bond donors (Lipinski definition) is 1. The van der Waals surface area contributed by atoms with Crippen molar-refractivity contribution in [1.29, 1.82) is 5.26 Å². The van der Waals surface area contributed by atoms with E-state index >= 15 is 0 Å². The summed E-state index contributed by atoms with van der Waals surface area (Å²) in [6.45, 7) is 2.42. The van der Waals surface area contributed by atoms with Crippen LogP contribution in [0, 0.1) is 18.3 Å². The SMILES string of the molecule is Cc1ccc(COc2ccc(/C=C(\C#N)C(=O)Nc3ccc(Cl)cc3)cc2Cl)cc1. The standard InChI is InChI=1S/C24H18Cl2N2O2/c1-16-2-4-17(5-3-16)15-30-23-11-6-18(13-22(23)26)12-19(14-27)24(29)28-21-9-7-20(25)8-10-21/h2-13H,15H2,1H3,(H,28,29)/b19-12+. The smallest absolute Gasteiger partial charge is 0.266 e. The summed E-state index contributed by atoms with van der Waals surface area (Å²) in [7, 11) is 0. The molecule has 0 aliphatic rings. The molecular weight excluding hydrogens is 419 g/mol. The minimum Gasteiger partial charge on any atom is -0.487 e. The summed E-state index contributed by atoms with van der Waals surface area (Å²) in [6.07, 6.45) is 1.47. The van der Waals surface area contributed by atoms with Crippen LogP contribution >= 0.6 is 23.2 Å². The van der Waals surface area contributed by atoms with Crippen LogP contribution < -0.4 is 10.1 Å². The lowest BCUT2D eigenvalue weighted by atomic mass is 10.1. The van der Waals surface area contributed by atoms with Gasteiger partial charge in [0.1, 0.15) is 24.0 Å². The number of nitrogens with one attached hydrogen (secondary N) is 1. The van der Waals surface area contributed by atoms with E-state index in [2.05, 4.69) is 5.32 Å². The van der Waals surface area contributed by atoms with E-state index in [9.17, 15) is 10.1 Å². The molecule has 0 atom stereocenters. The molecule has 0 saturated carbocycles. The fraction of sp³-hybridized carbons (Fsp3) is 0.0833. The summed E-state index contributed by atoms with van der Waals surface area (Å²) in [5.74, 6) is 0.00848. The van der Waals surface area contributed by atoms with Crippen molar-refractivity contribution >= 4 is 40.9 Å². The van der Waals surface area contributed by atoms with E-state index in [1.165, 1.54) is 11.6 Å². The summed E-state index contributed by atoms with van der Waals surface area (Å²) in [5.41, 5.74) is 3.33. The van der Waals surface area contributed by atoms with Crippen LogP contribution in [0.25, 0.3) is 6.08 Å². The third-order valence-electron chi connectivity index (χ3n) is 4.25. The molecule has 0 aliphatic heterocycles. The van der Waals surface area contributed by atoms with Crippen molar-refractivity contribution in [2.24, 2.45) is 0 Å². The Morgan fingerprint density at radius 3 is 2.40 bits per heavy atom. The zero-order chi connectivity index (χ0) is 21.5. The van der Waals surface area contributed by atoms with Crippen molar-refractivity contribution in [2.45, 2.75) is 13.5 Å². The lowest BCUT2D eigenvalue weighted by Gasteiger charge is -2.09. The Kier molecular flexibility index (Phi) is 7.13. The van der Waals surface area contributed by atoms with Gasteiger partial charge in [-0.2, -0.15) is 5.26 Å². The summed E-state index contributed by atoms with van der Waals surface area (Å²) in [6, 6.07) is 21.7. The van der Waals surface area contributed by atoms with Crippen LogP contribution in [0.15, 0.2) is 72.3 Å². The molecule has 3 aromatic carbocycles. The van der Waals surface area contributed by atoms with Crippen LogP contribution in [0.3, 0.4) is 0 Å². The molecule has 3 aromatic rings. The second kappa shape index (κ2) is 9.98. The van der Waals surface area contributed by atoms with Crippen LogP contribution in [0.2, 0.25) is 10.0 Å². The summed E-state index contributed by atoms with van der Waals surface area (Å²) in [4.78, 5) is 12.4. The topological polar surface area (TPSA) is 62.1 Å². The van der Waals surface area contributed by atoms with Gasteiger partial charge in [0, 0.05) is 10.7 Å². The number of amides is 1. The van der Waals surface area contributed by atoms with E-state index < -0.39 is 5.91 Å². The normalized spacial score (nSPS) is 10.9. The average Bonchev–Trinajstić information content (AvgIpc) is 2.74. The van der Waals surface area contributed by atoms with Crippen LogP contribution in [0.5, 0.6) is 5.75 Å². The molecule has 0 bridgehead atoms. The van der Waals surface area contributed by atoms with Crippen LogP contribution in [-0.4, -0.2) is 5.91 Å². The Morgan fingerprint density at radius 1 is 1.07 bits per heavy atom. The third-order valence-corrected chi connectivity index (χ3v) is 4.80. The number of halogens is 2. The lowest BCUT2D eigenvalue weighted by molar-refractivity contribution is -0.112. The Morgan fingerprint density at radius 2 is 1.77 bits per heavy atom. The van der Waals surface area contributed by atoms with E-state index in [1.54, 1.807) is 42.5 Å². The number of nitriles is 1. The molecule has 3 rings (SSSR count). The fourth-order valence-corrected chi connectivity index (χ4v) is 2.99. The van der Waals surface area contributed by atoms with Crippen LogP contribution in [-0.2, 0) is 11.4 Å². The molecule has 0 heterocycles. The van der Waals surface area contributed by atoms with Gasteiger partial charge < -0.3 is 10.1 Å². The number of benzene rings is 3. The molecule has 0 saturated heterocycles. The molecule has 150 valence electrons. The first-order valence-electron chi connectivity index (χ1n) is 9.11. The molecule has 0 fully saturated rings. The highest BCUT2D eigenvalue weighted by molar-refractivity contribution is 6.32. The highest BCUT2D eigenvalue weighted by Gasteiger charge is 2.11. The first-order chi connectivity index (χ1) is 14.4. The zero-order valence-electron chi connectivity index (χ0n) is 16.2. The molecule has 0 radical (unpaired) electrons. The molecule has 0 unspecified atom stereocenters. The molecule has 1 N–H and O–H groups in total. The summed E-state index contributed by atoms with van der Waals surface area (Å²) < 4.78 is 5.78. The largest absolute Gasteiger partial charge is 0.487 e. The Bertz CT molecular complexity index is 1120. The second-order valence-electron chi connectivity index (χ2n) is 6.59. The van der Waals surface area contributed by atoms with Crippen molar-refractivity contribution in [1.82, 2.24) is 0 Å². The van der Waals surface area contributed by atoms with Crippen molar-refractivity contribution < 1.29 is 9.53 Å². The maximum absolute atomic E-state index is 12.4. The Hall–Kier alpha value is -3.26. The zero-order valence-corrected chi connectivity index (χ0v) is 17.7. The number of ether oxygens (including phenoxy) is 1. The number of carbonyl (C=O) groups excluding carboxylic acids is 1. The predicted molar refractivity (Wildman–Crippen MR) is 121 cm³/mol. The first-order valence-corrected chi connectivity index (χ1v) is 9.87. The molecule has 4 nitrogen and oxygen atoms in total. The first kappa shape index (κ1) is 21.4. The number of nitrogens with zero attached hydrogens (tertiary/aromatic N) is 1. The van der Waals surface area contributed by atoms with Crippen LogP contribution in [0.4, 0.5) is 5.69 Å². The Labute approximate surface area is 185 Å². The summed E-state index contributed by atoms with van der Waals surface area (Å²) >= 11 is 12.2. The van der Waals surface area contributed by atoms with Gasteiger partial charge >= 0.3 is 0 Å². The van der Waals surface area contributed by atoms with Gasteiger partial charge in [-0.15, -0.1) is 0 Å². The Balaban J connectivity index is 1.69. The molecule has 0 aliphatic carbocycles. The number of anilines is 1. The van der Waals surface area contributed by atoms with Gasteiger partial charge in [-0.3, -0.25) is 4.79 Å². The van der Waals surface area contributed by atoms with Crippen molar-refractivity contribution in [3.8, 4) is 11.8 Å². The van der Waals surface area contributed by atoms with Gasteiger partial charge in [0.05, 0.1) is 5.02 Å². The maximum Gasteiger partial charge on any atom is 0.266 e. The molecule has 0 spiro atoms. The predicted octanol–water partition coefficient (Wildman–Crippen LogP) is 6.43.